The van der Waals surface area contributed by atoms with Gasteiger partial charge in [0.05, 0.1) is 33.0 Å². The Morgan fingerprint density at radius 3 is 1.75 bits per heavy atom. The van der Waals surface area contributed by atoms with E-state index in [4.69, 9.17) is 14.2 Å². The third kappa shape index (κ3) is 23.6. The van der Waals surface area contributed by atoms with E-state index in [1.165, 1.54) is 64.2 Å². The molecular formula is C35H56N2O7. The molecule has 248 valence electrons. The number of nitrogens with one attached hydrogen (secondary N) is 1. The number of unbranched alkanes of at least 4 members (excludes halogenated alkanes) is 16. The van der Waals surface area contributed by atoms with Gasteiger partial charge in [-0.15, -0.1) is 0 Å². The highest BCUT2D eigenvalue weighted by Gasteiger charge is 2.30. The molecule has 44 heavy (non-hydrogen) atoms. The van der Waals surface area contributed by atoms with Gasteiger partial charge in [-0.05, 0) is 31.1 Å². The molecule has 0 spiro atoms. The first-order chi connectivity index (χ1) is 21.5. The number of barbiturate groups is 1. The summed E-state index contributed by atoms with van der Waals surface area (Å²) in [5.74, 6) is 11.0. The van der Waals surface area contributed by atoms with Crippen LogP contribution in [-0.2, 0) is 28.6 Å². The maximum atomic E-state index is 11.8. The van der Waals surface area contributed by atoms with Gasteiger partial charge in [-0.1, -0.05) is 102 Å². The second kappa shape index (κ2) is 28.9. The number of carbonyl (C=O) groups is 4. The van der Waals surface area contributed by atoms with Gasteiger partial charge in [0, 0.05) is 19.3 Å². The number of rotatable bonds is 27. The Labute approximate surface area is 265 Å². The van der Waals surface area contributed by atoms with Crippen molar-refractivity contribution in [2.45, 2.75) is 135 Å². The lowest BCUT2D eigenvalue weighted by molar-refractivity contribution is -0.145. The summed E-state index contributed by atoms with van der Waals surface area (Å²) in [6, 6.07) is -0.722. The number of nitrogens with zero attached hydrogens (tertiary/aromatic N) is 1. The van der Waals surface area contributed by atoms with E-state index in [1.54, 1.807) is 0 Å². The summed E-state index contributed by atoms with van der Waals surface area (Å²) in [5, 5.41) is 2.09. The monoisotopic (exact) mass is 616 g/mol. The number of hydrogen-bond acceptors (Lipinski definition) is 7. The zero-order valence-corrected chi connectivity index (χ0v) is 27.2. The van der Waals surface area contributed by atoms with Crippen LogP contribution in [0.1, 0.15) is 135 Å². The highest BCUT2D eigenvalue weighted by atomic mass is 16.6. The first kappa shape index (κ1) is 39.1. The molecule has 0 atom stereocenters. The molecule has 1 saturated heterocycles. The summed E-state index contributed by atoms with van der Waals surface area (Å²) in [5.41, 5.74) is 0. The first-order valence-electron chi connectivity index (χ1n) is 17.0. The largest absolute Gasteiger partial charge is 0.463 e. The Balaban J connectivity index is 1.80. The molecule has 1 aliphatic rings. The van der Waals surface area contributed by atoms with E-state index in [-0.39, 0.29) is 45.4 Å². The smallest absolute Gasteiger partial charge is 0.330 e. The van der Waals surface area contributed by atoms with Crippen LogP contribution in [0.3, 0.4) is 0 Å². The van der Waals surface area contributed by atoms with Crippen molar-refractivity contribution in [3.63, 3.8) is 0 Å². The molecule has 0 bridgehead atoms. The van der Waals surface area contributed by atoms with Gasteiger partial charge in [0.2, 0.25) is 11.8 Å². The predicted octanol–water partition coefficient (Wildman–Crippen LogP) is 6.47. The number of hydrogen-bond donors (Lipinski definition) is 1. The molecule has 9 heteroatoms. The third-order valence-electron chi connectivity index (χ3n) is 7.25. The summed E-state index contributed by atoms with van der Waals surface area (Å²) < 4.78 is 15.9. The fourth-order valence-corrected chi connectivity index (χ4v) is 4.67. The van der Waals surface area contributed by atoms with Crippen molar-refractivity contribution < 1.29 is 33.4 Å². The van der Waals surface area contributed by atoms with Crippen molar-refractivity contribution in [2.75, 3.05) is 39.6 Å². The molecule has 1 rings (SSSR count). The van der Waals surface area contributed by atoms with Gasteiger partial charge in [0.1, 0.15) is 13.0 Å². The van der Waals surface area contributed by atoms with Crippen LogP contribution in [0.5, 0.6) is 0 Å². The molecule has 4 amide bonds. The van der Waals surface area contributed by atoms with E-state index in [0.717, 1.165) is 56.3 Å². The molecule has 0 aliphatic carbocycles. The lowest BCUT2D eigenvalue weighted by Crippen LogP contribution is -2.53. The third-order valence-corrected chi connectivity index (χ3v) is 7.25. The topological polar surface area (TPSA) is 111 Å². The fourth-order valence-electron chi connectivity index (χ4n) is 4.67. The summed E-state index contributed by atoms with van der Waals surface area (Å²) in [6.45, 7) is 3.53. The van der Waals surface area contributed by atoms with Gasteiger partial charge < -0.3 is 14.2 Å². The average molecular weight is 617 g/mol. The zero-order chi connectivity index (χ0) is 31.9. The minimum Gasteiger partial charge on any atom is -0.463 e. The number of esters is 1. The standard InChI is InChI=1S/C35H56N2O7/c1-2-3-4-5-6-7-8-9-10-11-12-13-14-15-16-17-18-19-20-21-22-23-24-34(40)44-30-29-43-28-27-42-26-25-37-33(39)31-32(38)36-35(37)41/h2-12,17-31H2,1H3,(H,36,38,41). The van der Waals surface area contributed by atoms with Crippen molar-refractivity contribution in [3.8, 4) is 23.7 Å². The van der Waals surface area contributed by atoms with Gasteiger partial charge in [0.15, 0.2) is 0 Å². The van der Waals surface area contributed by atoms with Crippen LogP contribution in [0.25, 0.3) is 0 Å². The van der Waals surface area contributed by atoms with E-state index in [1.807, 2.05) is 0 Å². The maximum Gasteiger partial charge on any atom is 0.330 e. The number of carbonyl (C=O) groups excluding carboxylic acids is 4. The van der Waals surface area contributed by atoms with Gasteiger partial charge in [0.25, 0.3) is 0 Å². The zero-order valence-electron chi connectivity index (χ0n) is 27.2. The molecule has 0 aromatic carbocycles. The summed E-state index contributed by atoms with van der Waals surface area (Å²) in [7, 11) is 0. The van der Waals surface area contributed by atoms with Crippen molar-refractivity contribution in [2.24, 2.45) is 0 Å². The lowest BCUT2D eigenvalue weighted by atomic mass is 10.1. The second-order valence-electron chi connectivity index (χ2n) is 11.2. The van der Waals surface area contributed by atoms with Gasteiger partial charge >= 0.3 is 12.0 Å². The molecule has 0 saturated carbocycles. The van der Waals surface area contributed by atoms with Gasteiger partial charge in [-0.25, -0.2) is 4.79 Å². The highest BCUT2D eigenvalue weighted by molar-refractivity contribution is 6.14. The molecule has 1 N–H and O–H groups in total. The van der Waals surface area contributed by atoms with E-state index in [2.05, 4.69) is 35.9 Å². The SMILES string of the molecule is CCCCCCCCCCCCC#CC#CCCCCCCCCC(=O)OCCOCCOCCN1C(=O)CC(=O)NC1=O. The van der Waals surface area contributed by atoms with Crippen LogP contribution in [0.2, 0.25) is 0 Å². The van der Waals surface area contributed by atoms with Crippen molar-refractivity contribution in [1.82, 2.24) is 10.2 Å². The minimum absolute atomic E-state index is 0.0689. The molecule has 1 aliphatic heterocycles. The average Bonchev–Trinajstić information content (AvgIpc) is 2.99. The Morgan fingerprint density at radius 1 is 0.682 bits per heavy atom. The molecule has 0 aromatic rings. The Hall–Kier alpha value is -2.88. The molecule has 0 aromatic heterocycles. The highest BCUT2D eigenvalue weighted by Crippen LogP contribution is 2.11. The quantitative estimate of drug-likeness (QED) is 0.0487. The fraction of sp³-hybridized carbons (Fsp3) is 0.771. The van der Waals surface area contributed by atoms with Crippen molar-refractivity contribution >= 4 is 23.8 Å². The number of amides is 4. The van der Waals surface area contributed by atoms with Crippen molar-refractivity contribution in [3.05, 3.63) is 0 Å². The number of imide groups is 2. The maximum absolute atomic E-state index is 11.8. The van der Waals surface area contributed by atoms with Crippen LogP contribution in [-0.4, -0.2) is 68.3 Å². The van der Waals surface area contributed by atoms with E-state index in [9.17, 15) is 19.2 Å². The molecule has 0 radical (unpaired) electrons. The Bertz CT molecular complexity index is 909. The Morgan fingerprint density at radius 2 is 1.18 bits per heavy atom. The molecule has 1 fully saturated rings. The number of ether oxygens (including phenoxy) is 3. The summed E-state index contributed by atoms with van der Waals surface area (Å²) in [4.78, 5) is 47.1. The van der Waals surface area contributed by atoms with Crippen LogP contribution in [0, 0.1) is 23.7 Å². The minimum atomic E-state index is -0.722. The normalized spacial score (nSPS) is 12.8. The summed E-state index contributed by atoms with van der Waals surface area (Å²) >= 11 is 0. The van der Waals surface area contributed by atoms with Gasteiger partial charge in [-0.3, -0.25) is 24.6 Å². The second-order valence-corrected chi connectivity index (χ2v) is 11.2. The molecule has 9 nitrogen and oxygen atoms in total. The predicted molar refractivity (Wildman–Crippen MR) is 171 cm³/mol. The molecule has 1 heterocycles. The van der Waals surface area contributed by atoms with Gasteiger partial charge in [-0.2, -0.15) is 0 Å². The van der Waals surface area contributed by atoms with Crippen molar-refractivity contribution in [1.29, 1.82) is 0 Å². The van der Waals surface area contributed by atoms with Crippen LogP contribution in [0.15, 0.2) is 0 Å². The van der Waals surface area contributed by atoms with Crippen LogP contribution >= 0.6 is 0 Å². The molecule has 0 unspecified atom stereocenters. The summed E-state index contributed by atoms with van der Waals surface area (Å²) in [6.07, 6.45) is 21.8. The van der Waals surface area contributed by atoms with E-state index >= 15 is 0 Å². The Kier molecular flexibility index (Phi) is 25.7. The van der Waals surface area contributed by atoms with E-state index in [0.29, 0.717) is 13.0 Å². The molecular weight excluding hydrogens is 560 g/mol. The van der Waals surface area contributed by atoms with Crippen LogP contribution in [0.4, 0.5) is 4.79 Å². The van der Waals surface area contributed by atoms with Crippen LogP contribution < -0.4 is 5.32 Å². The first-order valence-corrected chi connectivity index (χ1v) is 17.0. The number of urea groups is 1. The van der Waals surface area contributed by atoms with E-state index < -0.39 is 17.8 Å². The lowest BCUT2D eigenvalue weighted by Gasteiger charge is -2.24.